The monoisotopic (exact) mass is 422 g/mol. The molecule has 0 spiro atoms. The Kier molecular flexibility index (Phi) is 6.72. The van der Waals surface area contributed by atoms with E-state index < -0.39 is 10.0 Å². The molecule has 3 rings (SSSR count). The van der Waals surface area contributed by atoms with Gasteiger partial charge in [0, 0.05) is 25.3 Å². The molecule has 8 heteroatoms. The highest BCUT2D eigenvalue weighted by molar-refractivity contribution is 7.89. The van der Waals surface area contributed by atoms with Gasteiger partial charge in [-0.15, -0.1) is 0 Å². The Balaban J connectivity index is 1.68. The second kappa shape index (κ2) is 9.05. The fourth-order valence-electron chi connectivity index (χ4n) is 2.93. The third-order valence-corrected chi connectivity index (χ3v) is 6.49. The van der Waals surface area contributed by atoms with Gasteiger partial charge in [-0.25, -0.2) is 13.1 Å². The van der Waals surface area contributed by atoms with E-state index in [9.17, 15) is 13.2 Å². The lowest BCUT2D eigenvalue weighted by Gasteiger charge is -2.13. The van der Waals surface area contributed by atoms with Crippen molar-refractivity contribution in [1.29, 1.82) is 0 Å². The van der Waals surface area contributed by atoms with E-state index in [1.54, 1.807) is 0 Å². The minimum Gasteiger partial charge on any atom is -0.377 e. The van der Waals surface area contributed by atoms with Gasteiger partial charge in [0.25, 0.3) is 5.91 Å². The summed E-state index contributed by atoms with van der Waals surface area (Å²) in [5, 5.41) is 2.86. The first kappa shape index (κ1) is 20.8. The summed E-state index contributed by atoms with van der Waals surface area (Å²) in [5.41, 5.74) is 2.33. The fraction of sp³-hybridized carbons (Fsp3) is 0.350. The molecule has 28 heavy (non-hydrogen) atoms. The number of hydrogen-bond donors (Lipinski definition) is 2. The fourth-order valence-corrected chi connectivity index (χ4v) is 4.52. The highest BCUT2D eigenvalue weighted by Gasteiger charge is 2.23. The van der Waals surface area contributed by atoms with Crippen molar-refractivity contribution >= 4 is 27.5 Å². The van der Waals surface area contributed by atoms with Crippen LogP contribution in [0.4, 0.5) is 0 Å². The van der Waals surface area contributed by atoms with E-state index >= 15 is 0 Å². The number of halogens is 1. The average Bonchev–Trinajstić information content (AvgIpc) is 3.20. The number of ether oxygens (including phenoxy) is 1. The molecule has 0 aromatic heterocycles. The molecule has 0 bridgehead atoms. The molecular weight excluding hydrogens is 400 g/mol. The molecule has 1 heterocycles. The maximum atomic E-state index is 12.6. The zero-order valence-corrected chi connectivity index (χ0v) is 17.1. The van der Waals surface area contributed by atoms with Gasteiger partial charge >= 0.3 is 0 Å². The summed E-state index contributed by atoms with van der Waals surface area (Å²) < 4.78 is 33.2. The van der Waals surface area contributed by atoms with Crippen LogP contribution in [0, 0.1) is 6.92 Å². The van der Waals surface area contributed by atoms with E-state index in [1.165, 1.54) is 18.2 Å². The van der Waals surface area contributed by atoms with Gasteiger partial charge in [-0.1, -0.05) is 41.4 Å². The molecule has 1 aliphatic rings. The van der Waals surface area contributed by atoms with Crippen LogP contribution in [-0.2, 0) is 21.3 Å². The van der Waals surface area contributed by atoms with Crippen molar-refractivity contribution in [2.45, 2.75) is 37.3 Å². The van der Waals surface area contributed by atoms with Crippen LogP contribution >= 0.6 is 11.6 Å². The standard InChI is InChI=1S/C20H23ClN2O4S/c1-14-4-6-15(7-5-14)12-22-20(24)16-8-9-18(21)19(11-16)28(25,26)23-13-17-3-2-10-27-17/h4-9,11,17,23H,2-3,10,12-13H2,1H3,(H,22,24)/t17-/m0/s1. The van der Waals surface area contributed by atoms with Crippen molar-refractivity contribution in [3.8, 4) is 0 Å². The Bertz CT molecular complexity index is 939. The van der Waals surface area contributed by atoms with Crippen LogP contribution in [0.15, 0.2) is 47.4 Å². The van der Waals surface area contributed by atoms with Gasteiger partial charge in [-0.3, -0.25) is 4.79 Å². The predicted molar refractivity (Wildman–Crippen MR) is 108 cm³/mol. The lowest BCUT2D eigenvalue weighted by molar-refractivity contribution is 0.0950. The van der Waals surface area contributed by atoms with E-state index in [2.05, 4.69) is 10.0 Å². The number of nitrogens with one attached hydrogen (secondary N) is 2. The topological polar surface area (TPSA) is 84.5 Å². The van der Waals surface area contributed by atoms with Crippen LogP contribution in [0.25, 0.3) is 0 Å². The molecule has 0 radical (unpaired) electrons. The van der Waals surface area contributed by atoms with Crippen LogP contribution in [0.1, 0.15) is 34.3 Å². The van der Waals surface area contributed by atoms with Crippen molar-refractivity contribution in [1.82, 2.24) is 10.0 Å². The highest BCUT2D eigenvalue weighted by Crippen LogP contribution is 2.23. The number of carbonyl (C=O) groups excluding carboxylic acids is 1. The summed E-state index contributed by atoms with van der Waals surface area (Å²) in [6, 6.07) is 12.0. The van der Waals surface area contributed by atoms with Crippen molar-refractivity contribution in [3.05, 3.63) is 64.2 Å². The predicted octanol–water partition coefficient (Wildman–Crippen LogP) is 3.04. The SMILES string of the molecule is Cc1ccc(CNC(=O)c2ccc(Cl)c(S(=O)(=O)NC[C@@H]3CCCO3)c2)cc1. The van der Waals surface area contributed by atoms with Crippen molar-refractivity contribution in [2.75, 3.05) is 13.2 Å². The minimum absolute atomic E-state index is 0.0647. The number of amides is 1. The Labute approximate surface area is 170 Å². The Hall–Kier alpha value is -1.93. The first-order valence-electron chi connectivity index (χ1n) is 9.10. The number of hydrogen-bond acceptors (Lipinski definition) is 4. The normalized spacial score (nSPS) is 16.9. The number of carbonyl (C=O) groups is 1. The molecule has 2 aromatic carbocycles. The molecule has 150 valence electrons. The maximum Gasteiger partial charge on any atom is 0.251 e. The van der Waals surface area contributed by atoms with Gasteiger partial charge in [0.1, 0.15) is 4.90 Å². The van der Waals surface area contributed by atoms with E-state index in [1.807, 2.05) is 31.2 Å². The van der Waals surface area contributed by atoms with E-state index in [4.69, 9.17) is 16.3 Å². The van der Waals surface area contributed by atoms with Gasteiger partial charge in [-0.2, -0.15) is 0 Å². The van der Waals surface area contributed by atoms with Gasteiger partial charge in [-0.05, 0) is 43.5 Å². The Morgan fingerprint density at radius 2 is 1.96 bits per heavy atom. The summed E-state index contributed by atoms with van der Waals surface area (Å²) in [7, 11) is -3.85. The van der Waals surface area contributed by atoms with Crippen molar-refractivity contribution in [3.63, 3.8) is 0 Å². The summed E-state index contributed by atoms with van der Waals surface area (Å²) in [5.74, 6) is -0.368. The average molecular weight is 423 g/mol. The first-order chi connectivity index (χ1) is 13.3. The molecule has 2 aromatic rings. The lowest BCUT2D eigenvalue weighted by Crippen LogP contribution is -2.32. The minimum atomic E-state index is -3.85. The van der Waals surface area contributed by atoms with Crippen molar-refractivity contribution < 1.29 is 17.9 Å². The highest BCUT2D eigenvalue weighted by atomic mass is 35.5. The van der Waals surface area contributed by atoms with Crippen molar-refractivity contribution in [2.24, 2.45) is 0 Å². The molecule has 6 nitrogen and oxygen atoms in total. The quantitative estimate of drug-likeness (QED) is 0.718. The maximum absolute atomic E-state index is 12.6. The van der Waals surface area contributed by atoms with Crippen LogP contribution in [0.5, 0.6) is 0 Å². The molecular formula is C20H23ClN2O4S. The number of benzene rings is 2. The largest absolute Gasteiger partial charge is 0.377 e. The molecule has 0 unspecified atom stereocenters. The molecule has 1 amide bonds. The molecule has 0 aliphatic carbocycles. The molecule has 1 saturated heterocycles. The van der Waals surface area contributed by atoms with E-state index in [0.717, 1.165) is 24.0 Å². The number of sulfonamides is 1. The summed E-state index contributed by atoms with van der Waals surface area (Å²) in [6.07, 6.45) is 1.61. The molecule has 1 atom stereocenters. The van der Waals surface area contributed by atoms with E-state index in [0.29, 0.717) is 13.2 Å². The van der Waals surface area contributed by atoms with Gasteiger partial charge in [0.15, 0.2) is 0 Å². The van der Waals surface area contributed by atoms with Gasteiger partial charge in [0.2, 0.25) is 10.0 Å². The first-order valence-corrected chi connectivity index (χ1v) is 11.0. The second-order valence-electron chi connectivity index (χ2n) is 6.80. The van der Waals surface area contributed by atoms with Gasteiger partial charge in [0.05, 0.1) is 11.1 Å². The molecule has 1 aliphatic heterocycles. The van der Waals surface area contributed by atoms with Crippen LogP contribution in [0.2, 0.25) is 5.02 Å². The third-order valence-electron chi connectivity index (χ3n) is 4.58. The van der Waals surface area contributed by atoms with E-state index in [-0.39, 0.29) is 34.0 Å². The third kappa shape index (κ3) is 5.32. The molecule has 1 fully saturated rings. The summed E-state index contributed by atoms with van der Waals surface area (Å²) >= 11 is 6.09. The molecule has 0 saturated carbocycles. The van der Waals surface area contributed by atoms with Crippen LogP contribution in [-0.4, -0.2) is 33.6 Å². The summed E-state index contributed by atoms with van der Waals surface area (Å²) in [6.45, 7) is 3.16. The smallest absolute Gasteiger partial charge is 0.251 e. The Morgan fingerprint density at radius 1 is 1.21 bits per heavy atom. The Morgan fingerprint density at radius 3 is 2.64 bits per heavy atom. The summed E-state index contributed by atoms with van der Waals surface area (Å²) in [4.78, 5) is 12.3. The second-order valence-corrected chi connectivity index (χ2v) is 8.94. The number of aryl methyl sites for hydroxylation is 1. The molecule has 2 N–H and O–H groups in total. The number of rotatable bonds is 7. The van der Waals surface area contributed by atoms with Crippen LogP contribution in [0.3, 0.4) is 0 Å². The zero-order valence-electron chi connectivity index (χ0n) is 15.6. The van der Waals surface area contributed by atoms with Crippen LogP contribution < -0.4 is 10.0 Å². The zero-order chi connectivity index (χ0) is 20.1. The van der Waals surface area contributed by atoms with Gasteiger partial charge < -0.3 is 10.1 Å². The lowest BCUT2D eigenvalue weighted by atomic mass is 10.1.